The van der Waals surface area contributed by atoms with Crippen LogP contribution in [0.1, 0.15) is 30.4 Å². The topological polar surface area (TPSA) is 66.5 Å². The lowest BCUT2D eigenvalue weighted by molar-refractivity contribution is -0.136. The number of hydrogen-bond donors (Lipinski definition) is 1. The zero-order valence-electron chi connectivity index (χ0n) is 10.9. The second-order valence-electron chi connectivity index (χ2n) is 5.79. The highest BCUT2D eigenvalue weighted by Crippen LogP contribution is 2.49. The van der Waals surface area contributed by atoms with Crippen molar-refractivity contribution in [3.63, 3.8) is 0 Å². The molecule has 0 bridgehead atoms. The molecule has 5 heteroatoms. The van der Waals surface area contributed by atoms with Gasteiger partial charge < -0.3 is 0 Å². The van der Waals surface area contributed by atoms with E-state index in [1.807, 2.05) is 12.1 Å². The van der Waals surface area contributed by atoms with Crippen LogP contribution in [-0.2, 0) is 22.4 Å². The standard InChI is InChI=1S/C15H14N2O3/c18-12-15(6-7-15)13(19)17(14(20)16-12)11-5-4-9-2-1-3-10(9)8-11/h4-5,8H,1-3,6-7H2,(H,16,18,20). The van der Waals surface area contributed by atoms with Gasteiger partial charge >= 0.3 is 6.03 Å². The van der Waals surface area contributed by atoms with Gasteiger partial charge in [-0.3, -0.25) is 14.9 Å². The first-order chi connectivity index (χ1) is 9.62. The fraction of sp³-hybridized carbons (Fsp3) is 0.400. The summed E-state index contributed by atoms with van der Waals surface area (Å²) in [4.78, 5) is 37.4. The molecular formula is C15H14N2O3. The molecule has 1 N–H and O–H groups in total. The van der Waals surface area contributed by atoms with E-state index in [4.69, 9.17) is 0 Å². The minimum Gasteiger partial charge on any atom is -0.276 e. The molecule has 0 atom stereocenters. The molecule has 1 aliphatic heterocycles. The quantitative estimate of drug-likeness (QED) is 0.787. The molecule has 102 valence electrons. The summed E-state index contributed by atoms with van der Waals surface area (Å²) in [6.45, 7) is 0. The normalized spacial score (nSPS) is 23.0. The third-order valence-corrected chi connectivity index (χ3v) is 4.56. The molecule has 0 radical (unpaired) electrons. The van der Waals surface area contributed by atoms with E-state index in [0.29, 0.717) is 18.5 Å². The second kappa shape index (κ2) is 3.69. The van der Waals surface area contributed by atoms with Crippen LogP contribution in [0.2, 0.25) is 0 Å². The van der Waals surface area contributed by atoms with Crippen LogP contribution in [0, 0.1) is 5.41 Å². The minimum atomic E-state index is -0.979. The summed E-state index contributed by atoms with van der Waals surface area (Å²) in [5.74, 6) is -0.811. The van der Waals surface area contributed by atoms with Gasteiger partial charge in [-0.25, -0.2) is 9.69 Å². The molecule has 1 aromatic carbocycles. The highest BCUT2D eigenvalue weighted by Gasteiger charge is 2.62. The number of amides is 4. The highest BCUT2D eigenvalue weighted by atomic mass is 16.2. The average molecular weight is 270 g/mol. The van der Waals surface area contributed by atoms with Gasteiger partial charge in [0.15, 0.2) is 0 Å². The Kier molecular flexibility index (Phi) is 2.14. The van der Waals surface area contributed by atoms with Crippen LogP contribution in [0.3, 0.4) is 0 Å². The molecule has 0 unspecified atom stereocenters. The Morgan fingerprint density at radius 3 is 2.55 bits per heavy atom. The SMILES string of the molecule is O=C1NC(=O)C2(CC2)C(=O)N1c1ccc2c(c1)CCC2. The van der Waals surface area contributed by atoms with Gasteiger partial charge in [0, 0.05) is 0 Å². The fourth-order valence-electron chi connectivity index (χ4n) is 3.17. The van der Waals surface area contributed by atoms with Crippen molar-refractivity contribution >= 4 is 23.5 Å². The van der Waals surface area contributed by atoms with Crippen LogP contribution in [0.15, 0.2) is 18.2 Å². The molecule has 4 rings (SSSR count). The summed E-state index contributed by atoms with van der Waals surface area (Å²) in [7, 11) is 0. The van der Waals surface area contributed by atoms with E-state index in [2.05, 4.69) is 5.32 Å². The van der Waals surface area contributed by atoms with Gasteiger partial charge in [0.25, 0.3) is 5.91 Å². The first-order valence-electron chi connectivity index (χ1n) is 6.94. The zero-order valence-corrected chi connectivity index (χ0v) is 10.9. The van der Waals surface area contributed by atoms with Gasteiger partial charge in [0.2, 0.25) is 5.91 Å². The van der Waals surface area contributed by atoms with Crippen LogP contribution in [-0.4, -0.2) is 17.8 Å². The Hall–Kier alpha value is -2.17. The number of nitrogens with zero attached hydrogens (tertiary/aromatic N) is 1. The lowest BCUT2D eigenvalue weighted by Crippen LogP contribution is -2.59. The number of carbonyl (C=O) groups excluding carboxylic acids is 3. The van der Waals surface area contributed by atoms with E-state index in [0.717, 1.165) is 24.2 Å². The van der Waals surface area contributed by atoms with Gasteiger partial charge in [-0.15, -0.1) is 0 Å². The highest BCUT2D eigenvalue weighted by molar-refractivity contribution is 6.31. The second-order valence-corrected chi connectivity index (χ2v) is 5.79. The number of barbiturate groups is 1. The van der Waals surface area contributed by atoms with Crippen molar-refractivity contribution in [1.82, 2.24) is 5.32 Å². The van der Waals surface area contributed by atoms with Crippen molar-refractivity contribution < 1.29 is 14.4 Å². The van der Waals surface area contributed by atoms with Crippen LogP contribution >= 0.6 is 0 Å². The molecule has 1 heterocycles. The van der Waals surface area contributed by atoms with E-state index in [1.165, 1.54) is 11.1 Å². The molecule has 3 aliphatic rings. The number of fused-ring (bicyclic) bond motifs is 1. The van der Waals surface area contributed by atoms with Crippen molar-refractivity contribution in [2.45, 2.75) is 32.1 Å². The summed E-state index contributed by atoms with van der Waals surface area (Å²) in [5, 5.41) is 2.31. The molecule has 0 aromatic heterocycles. The first-order valence-corrected chi connectivity index (χ1v) is 6.94. The third kappa shape index (κ3) is 1.40. The minimum absolute atomic E-state index is 0.371. The lowest BCUT2D eigenvalue weighted by atomic mass is 10.0. The number of urea groups is 1. The van der Waals surface area contributed by atoms with Crippen LogP contribution < -0.4 is 10.2 Å². The molecule has 2 aliphatic carbocycles. The van der Waals surface area contributed by atoms with Gasteiger partial charge in [-0.1, -0.05) is 6.07 Å². The smallest absolute Gasteiger partial charge is 0.276 e. The van der Waals surface area contributed by atoms with E-state index in [-0.39, 0.29) is 5.91 Å². The molecule has 1 saturated heterocycles. The van der Waals surface area contributed by atoms with E-state index in [1.54, 1.807) is 6.07 Å². The first kappa shape index (κ1) is 11.6. The number of carbonyl (C=O) groups is 3. The number of nitrogens with one attached hydrogen (secondary N) is 1. The number of benzene rings is 1. The van der Waals surface area contributed by atoms with Crippen molar-refractivity contribution in [1.29, 1.82) is 0 Å². The fourth-order valence-corrected chi connectivity index (χ4v) is 3.17. The Morgan fingerprint density at radius 2 is 1.80 bits per heavy atom. The molecule has 4 amide bonds. The van der Waals surface area contributed by atoms with Crippen molar-refractivity contribution in [3.8, 4) is 0 Å². The Labute approximate surface area is 115 Å². The third-order valence-electron chi connectivity index (χ3n) is 4.56. The lowest BCUT2D eigenvalue weighted by Gasteiger charge is -2.30. The van der Waals surface area contributed by atoms with Gasteiger partial charge in [0.05, 0.1) is 5.69 Å². The number of aryl methyl sites for hydroxylation is 2. The number of hydrogen-bond acceptors (Lipinski definition) is 3. The van der Waals surface area contributed by atoms with E-state index >= 15 is 0 Å². The van der Waals surface area contributed by atoms with Crippen LogP contribution in [0.4, 0.5) is 10.5 Å². The Morgan fingerprint density at radius 1 is 1.05 bits per heavy atom. The molecular weight excluding hydrogens is 256 g/mol. The van der Waals surface area contributed by atoms with Crippen LogP contribution in [0.5, 0.6) is 0 Å². The molecule has 1 spiro atoms. The van der Waals surface area contributed by atoms with Gasteiger partial charge in [-0.2, -0.15) is 0 Å². The van der Waals surface area contributed by atoms with Crippen molar-refractivity contribution in [2.75, 3.05) is 4.90 Å². The summed E-state index contributed by atoms with van der Waals surface area (Å²) < 4.78 is 0. The number of imide groups is 2. The molecule has 2 fully saturated rings. The predicted octanol–water partition coefficient (Wildman–Crippen LogP) is 1.54. The van der Waals surface area contributed by atoms with E-state index in [9.17, 15) is 14.4 Å². The maximum Gasteiger partial charge on any atom is 0.335 e. The van der Waals surface area contributed by atoms with Crippen molar-refractivity contribution in [2.24, 2.45) is 5.41 Å². The summed E-state index contributed by atoms with van der Waals surface area (Å²) in [6.07, 6.45) is 4.22. The van der Waals surface area contributed by atoms with E-state index < -0.39 is 17.4 Å². The maximum atomic E-state index is 12.5. The number of rotatable bonds is 1. The van der Waals surface area contributed by atoms with Crippen LogP contribution in [0.25, 0.3) is 0 Å². The Balaban J connectivity index is 1.75. The molecule has 1 aromatic rings. The predicted molar refractivity (Wildman–Crippen MR) is 71.2 cm³/mol. The molecule has 5 nitrogen and oxygen atoms in total. The summed E-state index contributed by atoms with van der Waals surface area (Å²) in [5.41, 5.74) is 2.08. The van der Waals surface area contributed by atoms with Crippen molar-refractivity contribution in [3.05, 3.63) is 29.3 Å². The number of anilines is 1. The summed E-state index contributed by atoms with van der Waals surface area (Å²) in [6, 6.07) is 5.06. The largest absolute Gasteiger partial charge is 0.335 e. The molecule has 20 heavy (non-hydrogen) atoms. The Bertz CT molecular complexity index is 661. The summed E-state index contributed by atoms with van der Waals surface area (Å²) >= 11 is 0. The molecule has 1 saturated carbocycles. The average Bonchev–Trinajstić information content (AvgIpc) is 3.10. The zero-order chi connectivity index (χ0) is 13.9. The van der Waals surface area contributed by atoms with Gasteiger partial charge in [0.1, 0.15) is 5.41 Å². The maximum absolute atomic E-state index is 12.5. The monoisotopic (exact) mass is 270 g/mol. The van der Waals surface area contributed by atoms with Gasteiger partial charge in [-0.05, 0) is 55.4 Å².